The zero-order valence-corrected chi connectivity index (χ0v) is 13.2. The molecule has 0 aliphatic rings. The molecule has 0 fully saturated rings. The minimum absolute atomic E-state index is 0.0280. The van der Waals surface area contributed by atoms with E-state index >= 15 is 0 Å². The molecule has 2 rings (SSSR count). The summed E-state index contributed by atoms with van der Waals surface area (Å²) in [6.07, 6.45) is -0.801. The number of benzene rings is 2. The van der Waals surface area contributed by atoms with Gasteiger partial charge in [0, 0.05) is 6.42 Å². The molecule has 0 heterocycles. The molecule has 1 atom stereocenters. The van der Waals surface area contributed by atoms with E-state index in [1.165, 1.54) is 13.2 Å². The summed E-state index contributed by atoms with van der Waals surface area (Å²) in [6, 6.07) is 14.1. The molecular formula is C18H18FNO4. The summed E-state index contributed by atoms with van der Waals surface area (Å²) in [5.41, 5.74) is 1.12. The molecule has 0 saturated carbocycles. The second kappa shape index (κ2) is 8.67. The van der Waals surface area contributed by atoms with Crippen LogP contribution in [0.4, 0.5) is 9.18 Å². The van der Waals surface area contributed by atoms with Gasteiger partial charge in [-0.3, -0.25) is 0 Å². The molecule has 0 radical (unpaired) electrons. The van der Waals surface area contributed by atoms with Crippen molar-refractivity contribution in [1.82, 2.24) is 5.32 Å². The van der Waals surface area contributed by atoms with E-state index in [4.69, 9.17) is 4.74 Å². The van der Waals surface area contributed by atoms with Crippen LogP contribution in [0.25, 0.3) is 0 Å². The summed E-state index contributed by atoms with van der Waals surface area (Å²) in [7, 11) is 1.20. The van der Waals surface area contributed by atoms with Gasteiger partial charge in [-0.05, 0) is 17.2 Å². The largest absolute Gasteiger partial charge is 0.467 e. The van der Waals surface area contributed by atoms with E-state index in [1.807, 2.05) is 30.3 Å². The van der Waals surface area contributed by atoms with Crippen molar-refractivity contribution in [2.75, 3.05) is 7.11 Å². The van der Waals surface area contributed by atoms with Gasteiger partial charge in [0.25, 0.3) is 0 Å². The van der Waals surface area contributed by atoms with Crippen molar-refractivity contribution in [3.05, 3.63) is 71.5 Å². The van der Waals surface area contributed by atoms with Crippen LogP contribution in [0.1, 0.15) is 11.1 Å². The van der Waals surface area contributed by atoms with Gasteiger partial charge in [0.15, 0.2) is 0 Å². The van der Waals surface area contributed by atoms with Crippen LogP contribution >= 0.6 is 0 Å². The number of carbonyl (C=O) groups is 2. The molecule has 1 amide bonds. The minimum Gasteiger partial charge on any atom is -0.467 e. The van der Waals surface area contributed by atoms with Crippen LogP contribution in [0.15, 0.2) is 54.6 Å². The highest BCUT2D eigenvalue weighted by Crippen LogP contribution is 2.10. The lowest BCUT2D eigenvalue weighted by molar-refractivity contribution is -0.143. The average Bonchev–Trinajstić information content (AvgIpc) is 2.61. The van der Waals surface area contributed by atoms with Gasteiger partial charge in [-0.25, -0.2) is 14.0 Å². The Morgan fingerprint density at radius 2 is 1.75 bits per heavy atom. The molecule has 0 bridgehead atoms. The van der Waals surface area contributed by atoms with Crippen LogP contribution in [0.2, 0.25) is 0 Å². The number of ether oxygens (including phenoxy) is 2. The molecule has 0 saturated heterocycles. The summed E-state index contributed by atoms with van der Waals surface area (Å²) in [5, 5.41) is 2.41. The molecule has 0 aliphatic carbocycles. The number of hydrogen-bond donors (Lipinski definition) is 1. The molecule has 0 aliphatic heterocycles. The second-order valence-electron chi connectivity index (χ2n) is 5.08. The Balaban J connectivity index is 1.97. The average molecular weight is 331 g/mol. The fourth-order valence-electron chi connectivity index (χ4n) is 2.13. The van der Waals surface area contributed by atoms with E-state index in [-0.39, 0.29) is 13.0 Å². The Morgan fingerprint density at radius 1 is 1.08 bits per heavy atom. The lowest BCUT2D eigenvalue weighted by atomic mass is 10.1. The maximum absolute atomic E-state index is 13.7. The molecule has 0 spiro atoms. The highest BCUT2D eigenvalue weighted by molar-refractivity contribution is 5.81. The van der Waals surface area contributed by atoms with Crippen LogP contribution < -0.4 is 5.32 Å². The fraction of sp³-hybridized carbons (Fsp3) is 0.222. The van der Waals surface area contributed by atoms with Crippen molar-refractivity contribution in [1.29, 1.82) is 0 Å². The van der Waals surface area contributed by atoms with Gasteiger partial charge in [0.1, 0.15) is 18.5 Å². The number of halogens is 1. The third-order valence-electron chi connectivity index (χ3n) is 3.37. The molecule has 0 aromatic heterocycles. The molecule has 2 aromatic carbocycles. The summed E-state index contributed by atoms with van der Waals surface area (Å²) in [5.74, 6) is -1.12. The predicted molar refractivity (Wildman–Crippen MR) is 85.7 cm³/mol. The first-order chi connectivity index (χ1) is 11.6. The lowest BCUT2D eigenvalue weighted by Crippen LogP contribution is -2.43. The first kappa shape index (κ1) is 17.5. The quantitative estimate of drug-likeness (QED) is 0.827. The van der Waals surface area contributed by atoms with Crippen LogP contribution in [0, 0.1) is 5.82 Å². The molecule has 24 heavy (non-hydrogen) atoms. The standard InChI is InChI=1S/C18H18FNO4/c1-23-17(21)16(11-14-9-5-6-10-15(14)19)20-18(22)24-12-13-7-3-2-4-8-13/h2-10,16H,11-12H2,1H3,(H,20,22)/t16-/m1/s1. The van der Waals surface area contributed by atoms with E-state index in [2.05, 4.69) is 10.1 Å². The van der Waals surface area contributed by atoms with Gasteiger partial charge in [-0.15, -0.1) is 0 Å². The Labute approximate surface area is 139 Å². The highest BCUT2D eigenvalue weighted by Gasteiger charge is 2.23. The molecule has 1 N–H and O–H groups in total. The SMILES string of the molecule is COC(=O)[C@@H](Cc1ccccc1F)NC(=O)OCc1ccccc1. The second-order valence-corrected chi connectivity index (χ2v) is 5.08. The van der Waals surface area contributed by atoms with Gasteiger partial charge in [-0.1, -0.05) is 48.5 Å². The molecule has 126 valence electrons. The van der Waals surface area contributed by atoms with Crippen molar-refractivity contribution >= 4 is 12.1 Å². The fourth-order valence-corrected chi connectivity index (χ4v) is 2.13. The van der Waals surface area contributed by atoms with Crippen molar-refractivity contribution < 1.29 is 23.5 Å². The maximum atomic E-state index is 13.7. The number of nitrogens with one attached hydrogen (secondary N) is 1. The topological polar surface area (TPSA) is 64.6 Å². The molecule has 2 aromatic rings. The zero-order valence-electron chi connectivity index (χ0n) is 13.2. The van der Waals surface area contributed by atoms with Gasteiger partial charge in [0.2, 0.25) is 0 Å². The third-order valence-corrected chi connectivity index (χ3v) is 3.37. The minimum atomic E-state index is -1.03. The summed E-state index contributed by atoms with van der Waals surface area (Å²) < 4.78 is 23.5. The zero-order chi connectivity index (χ0) is 17.4. The van der Waals surface area contributed by atoms with Gasteiger partial charge >= 0.3 is 12.1 Å². The van der Waals surface area contributed by atoms with Crippen LogP contribution in [-0.4, -0.2) is 25.2 Å². The highest BCUT2D eigenvalue weighted by atomic mass is 19.1. The predicted octanol–water partition coefficient (Wildman–Crippen LogP) is 2.84. The maximum Gasteiger partial charge on any atom is 0.408 e. The number of hydrogen-bond acceptors (Lipinski definition) is 4. The third kappa shape index (κ3) is 5.08. The first-order valence-electron chi connectivity index (χ1n) is 7.38. The Kier molecular flexibility index (Phi) is 6.31. The molecule has 0 unspecified atom stereocenters. The van der Waals surface area contributed by atoms with Crippen molar-refractivity contribution in [2.45, 2.75) is 19.1 Å². The normalized spacial score (nSPS) is 11.4. The van der Waals surface area contributed by atoms with Gasteiger partial charge < -0.3 is 14.8 Å². The molecular weight excluding hydrogens is 313 g/mol. The first-order valence-corrected chi connectivity index (χ1v) is 7.38. The Hall–Kier alpha value is -2.89. The number of esters is 1. The monoisotopic (exact) mass is 331 g/mol. The molecule has 5 nitrogen and oxygen atoms in total. The lowest BCUT2D eigenvalue weighted by Gasteiger charge is -2.17. The van der Waals surface area contributed by atoms with Crippen LogP contribution in [0.3, 0.4) is 0 Å². The summed E-state index contributed by atoms with van der Waals surface area (Å²) in [4.78, 5) is 23.7. The van der Waals surface area contributed by atoms with E-state index in [1.54, 1.807) is 18.2 Å². The number of methoxy groups -OCH3 is 1. The smallest absolute Gasteiger partial charge is 0.408 e. The van der Waals surface area contributed by atoms with E-state index < -0.39 is 23.9 Å². The van der Waals surface area contributed by atoms with Crippen molar-refractivity contribution in [2.24, 2.45) is 0 Å². The van der Waals surface area contributed by atoms with Crippen molar-refractivity contribution in [3.63, 3.8) is 0 Å². The van der Waals surface area contributed by atoms with E-state index in [0.29, 0.717) is 5.56 Å². The Morgan fingerprint density at radius 3 is 2.42 bits per heavy atom. The number of rotatable bonds is 6. The van der Waals surface area contributed by atoms with Gasteiger partial charge in [-0.2, -0.15) is 0 Å². The summed E-state index contributed by atoms with van der Waals surface area (Å²) in [6.45, 7) is 0.0697. The van der Waals surface area contributed by atoms with Crippen LogP contribution in [0.5, 0.6) is 0 Å². The van der Waals surface area contributed by atoms with Gasteiger partial charge in [0.05, 0.1) is 7.11 Å². The van der Waals surface area contributed by atoms with E-state index in [0.717, 1.165) is 5.56 Å². The van der Waals surface area contributed by atoms with E-state index in [9.17, 15) is 14.0 Å². The summed E-state index contributed by atoms with van der Waals surface area (Å²) >= 11 is 0. The van der Waals surface area contributed by atoms with Crippen molar-refractivity contribution in [3.8, 4) is 0 Å². The molecule has 6 heteroatoms. The Bertz CT molecular complexity index is 690. The number of carbonyl (C=O) groups excluding carboxylic acids is 2. The van der Waals surface area contributed by atoms with Crippen LogP contribution in [-0.2, 0) is 27.3 Å². The number of alkyl carbamates (subject to hydrolysis) is 1. The number of amides is 1.